The standard InChI is InChI=1S/C16H14N2O2/c1-11-6-8-12(9-7-11)15-17-18-16(20-15)13-4-3-5-14(10-13)19-2/h3-10H,1-2H3. The summed E-state index contributed by atoms with van der Waals surface area (Å²) in [6.45, 7) is 2.04. The van der Waals surface area contributed by atoms with Gasteiger partial charge < -0.3 is 9.15 Å². The molecule has 4 heteroatoms. The largest absolute Gasteiger partial charge is 0.497 e. The average Bonchev–Trinajstić information content (AvgIpc) is 2.98. The molecule has 0 aliphatic carbocycles. The van der Waals surface area contributed by atoms with Gasteiger partial charge in [-0.05, 0) is 37.3 Å². The van der Waals surface area contributed by atoms with Crippen molar-refractivity contribution in [2.45, 2.75) is 6.92 Å². The summed E-state index contributed by atoms with van der Waals surface area (Å²) in [6, 6.07) is 15.5. The third-order valence-electron chi connectivity index (χ3n) is 3.04. The lowest BCUT2D eigenvalue weighted by Gasteiger charge is -2.00. The van der Waals surface area contributed by atoms with Crippen molar-refractivity contribution in [3.05, 3.63) is 54.1 Å². The fourth-order valence-corrected chi connectivity index (χ4v) is 1.91. The number of rotatable bonds is 3. The predicted octanol–water partition coefficient (Wildman–Crippen LogP) is 3.72. The van der Waals surface area contributed by atoms with E-state index >= 15 is 0 Å². The summed E-state index contributed by atoms with van der Waals surface area (Å²) in [6.07, 6.45) is 0. The van der Waals surface area contributed by atoms with E-state index in [0.29, 0.717) is 11.8 Å². The van der Waals surface area contributed by atoms with Crippen LogP contribution in [0.15, 0.2) is 52.9 Å². The first-order valence-electron chi connectivity index (χ1n) is 6.31. The first-order chi connectivity index (χ1) is 9.76. The summed E-state index contributed by atoms with van der Waals surface area (Å²) >= 11 is 0. The van der Waals surface area contributed by atoms with Crippen molar-refractivity contribution in [2.75, 3.05) is 7.11 Å². The van der Waals surface area contributed by atoms with Crippen LogP contribution in [0.1, 0.15) is 5.56 Å². The van der Waals surface area contributed by atoms with E-state index in [2.05, 4.69) is 10.2 Å². The Balaban J connectivity index is 1.95. The summed E-state index contributed by atoms with van der Waals surface area (Å²) in [5.41, 5.74) is 2.95. The van der Waals surface area contributed by atoms with Crippen LogP contribution in [0.2, 0.25) is 0 Å². The van der Waals surface area contributed by atoms with Crippen molar-refractivity contribution >= 4 is 0 Å². The molecule has 1 aromatic heterocycles. The molecular weight excluding hydrogens is 252 g/mol. The lowest BCUT2D eigenvalue weighted by Crippen LogP contribution is -1.83. The van der Waals surface area contributed by atoms with Gasteiger partial charge in [-0.15, -0.1) is 10.2 Å². The van der Waals surface area contributed by atoms with E-state index in [1.807, 2.05) is 55.5 Å². The van der Waals surface area contributed by atoms with Crippen LogP contribution in [0.5, 0.6) is 5.75 Å². The van der Waals surface area contributed by atoms with Gasteiger partial charge in [-0.3, -0.25) is 0 Å². The Labute approximate surface area is 117 Å². The molecule has 4 nitrogen and oxygen atoms in total. The molecule has 0 N–H and O–H groups in total. The van der Waals surface area contributed by atoms with Gasteiger partial charge in [0.2, 0.25) is 11.8 Å². The van der Waals surface area contributed by atoms with Crippen LogP contribution in [0.25, 0.3) is 22.9 Å². The second-order valence-corrected chi connectivity index (χ2v) is 4.51. The van der Waals surface area contributed by atoms with E-state index in [1.54, 1.807) is 7.11 Å². The van der Waals surface area contributed by atoms with Gasteiger partial charge in [-0.1, -0.05) is 23.8 Å². The summed E-state index contributed by atoms with van der Waals surface area (Å²) < 4.78 is 10.9. The highest BCUT2D eigenvalue weighted by Gasteiger charge is 2.10. The minimum absolute atomic E-state index is 0.486. The first kappa shape index (κ1) is 12.4. The van der Waals surface area contributed by atoms with Crippen LogP contribution in [-0.2, 0) is 0 Å². The van der Waals surface area contributed by atoms with Crippen LogP contribution in [0.4, 0.5) is 0 Å². The van der Waals surface area contributed by atoms with Crippen molar-refractivity contribution in [1.29, 1.82) is 0 Å². The summed E-state index contributed by atoms with van der Waals surface area (Å²) in [7, 11) is 1.63. The molecule has 0 unspecified atom stereocenters. The number of hydrogen-bond acceptors (Lipinski definition) is 4. The van der Waals surface area contributed by atoms with Crippen LogP contribution in [0.3, 0.4) is 0 Å². The van der Waals surface area contributed by atoms with Crippen molar-refractivity contribution < 1.29 is 9.15 Å². The number of benzene rings is 2. The van der Waals surface area contributed by atoms with Crippen LogP contribution in [0, 0.1) is 6.92 Å². The molecule has 0 fully saturated rings. The van der Waals surface area contributed by atoms with Gasteiger partial charge in [0.1, 0.15) is 5.75 Å². The minimum atomic E-state index is 0.486. The third kappa shape index (κ3) is 2.40. The molecule has 100 valence electrons. The SMILES string of the molecule is COc1cccc(-c2nnc(-c3ccc(C)cc3)o2)c1. The Kier molecular flexibility index (Phi) is 3.21. The van der Waals surface area contributed by atoms with E-state index in [9.17, 15) is 0 Å². The fraction of sp³-hybridized carbons (Fsp3) is 0.125. The number of ether oxygens (including phenoxy) is 1. The molecular formula is C16H14N2O2. The molecule has 0 aliphatic rings. The maximum absolute atomic E-state index is 5.72. The highest BCUT2D eigenvalue weighted by atomic mass is 16.5. The molecule has 0 aliphatic heterocycles. The number of hydrogen-bond donors (Lipinski definition) is 0. The average molecular weight is 266 g/mol. The zero-order chi connectivity index (χ0) is 13.9. The van der Waals surface area contributed by atoms with Gasteiger partial charge in [-0.2, -0.15) is 0 Å². The molecule has 0 saturated carbocycles. The third-order valence-corrected chi connectivity index (χ3v) is 3.04. The van der Waals surface area contributed by atoms with Crippen molar-refractivity contribution in [2.24, 2.45) is 0 Å². The van der Waals surface area contributed by atoms with E-state index < -0.39 is 0 Å². The van der Waals surface area contributed by atoms with Crippen molar-refractivity contribution in [3.63, 3.8) is 0 Å². The Hall–Kier alpha value is -2.62. The maximum atomic E-state index is 5.72. The number of methoxy groups -OCH3 is 1. The van der Waals surface area contributed by atoms with Crippen LogP contribution in [-0.4, -0.2) is 17.3 Å². The van der Waals surface area contributed by atoms with Gasteiger partial charge >= 0.3 is 0 Å². The first-order valence-corrected chi connectivity index (χ1v) is 6.31. The zero-order valence-electron chi connectivity index (χ0n) is 11.3. The van der Waals surface area contributed by atoms with Crippen molar-refractivity contribution in [1.82, 2.24) is 10.2 Å². The van der Waals surface area contributed by atoms with Crippen molar-refractivity contribution in [3.8, 4) is 28.7 Å². The molecule has 1 heterocycles. The zero-order valence-corrected chi connectivity index (χ0v) is 11.3. The molecule has 0 amide bonds. The van der Waals surface area contributed by atoms with Gasteiger partial charge in [0, 0.05) is 11.1 Å². The van der Waals surface area contributed by atoms with Crippen LogP contribution < -0.4 is 4.74 Å². The molecule has 20 heavy (non-hydrogen) atoms. The number of aromatic nitrogens is 2. The quantitative estimate of drug-likeness (QED) is 0.725. The molecule has 2 aromatic carbocycles. The molecule has 0 atom stereocenters. The van der Waals surface area contributed by atoms with E-state index in [0.717, 1.165) is 16.9 Å². The molecule has 0 saturated heterocycles. The smallest absolute Gasteiger partial charge is 0.248 e. The molecule has 0 radical (unpaired) electrons. The Morgan fingerprint density at radius 2 is 1.60 bits per heavy atom. The second kappa shape index (κ2) is 5.17. The van der Waals surface area contributed by atoms with E-state index in [4.69, 9.17) is 9.15 Å². The van der Waals surface area contributed by atoms with Gasteiger partial charge in [-0.25, -0.2) is 0 Å². The topological polar surface area (TPSA) is 48.2 Å². The summed E-state index contributed by atoms with van der Waals surface area (Å²) in [5, 5.41) is 8.18. The maximum Gasteiger partial charge on any atom is 0.248 e. The lowest BCUT2D eigenvalue weighted by atomic mass is 10.1. The van der Waals surface area contributed by atoms with E-state index in [-0.39, 0.29) is 0 Å². The second-order valence-electron chi connectivity index (χ2n) is 4.51. The Morgan fingerprint density at radius 1 is 0.900 bits per heavy atom. The van der Waals surface area contributed by atoms with Gasteiger partial charge in [0.05, 0.1) is 7.11 Å². The summed E-state index contributed by atoms with van der Waals surface area (Å²) in [5.74, 6) is 1.76. The predicted molar refractivity (Wildman–Crippen MR) is 76.5 cm³/mol. The molecule has 3 aromatic rings. The molecule has 0 bridgehead atoms. The van der Waals surface area contributed by atoms with Crippen LogP contribution >= 0.6 is 0 Å². The Morgan fingerprint density at radius 3 is 2.30 bits per heavy atom. The lowest BCUT2D eigenvalue weighted by molar-refractivity contribution is 0.415. The number of aryl methyl sites for hydroxylation is 1. The monoisotopic (exact) mass is 266 g/mol. The molecule has 0 spiro atoms. The van der Waals surface area contributed by atoms with Gasteiger partial charge in [0.15, 0.2) is 0 Å². The number of nitrogens with zero attached hydrogens (tertiary/aromatic N) is 2. The highest BCUT2D eigenvalue weighted by molar-refractivity contribution is 5.59. The Bertz CT molecular complexity index is 717. The normalized spacial score (nSPS) is 10.5. The summed E-state index contributed by atoms with van der Waals surface area (Å²) in [4.78, 5) is 0. The highest BCUT2D eigenvalue weighted by Crippen LogP contribution is 2.26. The minimum Gasteiger partial charge on any atom is -0.497 e. The van der Waals surface area contributed by atoms with Gasteiger partial charge in [0.25, 0.3) is 0 Å². The fourth-order valence-electron chi connectivity index (χ4n) is 1.91. The van der Waals surface area contributed by atoms with E-state index in [1.165, 1.54) is 5.56 Å². The molecule has 3 rings (SSSR count).